The van der Waals surface area contributed by atoms with Gasteiger partial charge in [0.15, 0.2) is 0 Å². The molecule has 0 saturated heterocycles. The number of hydrogen-bond donors (Lipinski definition) is 2. The van der Waals surface area contributed by atoms with Crippen molar-refractivity contribution in [1.82, 2.24) is 9.88 Å². The third kappa shape index (κ3) is 2.71. The topological polar surface area (TPSA) is 37.2 Å². The number of aliphatic hydroxyl groups excluding tert-OH is 1. The average molecular weight is 280 g/mol. The highest BCUT2D eigenvalue weighted by Crippen LogP contribution is 2.27. The Balaban J connectivity index is 2.11. The monoisotopic (exact) mass is 280 g/mol. The smallest absolute Gasteiger partial charge is 0.0912 e. The lowest BCUT2D eigenvalue weighted by atomic mass is 10.0. The van der Waals surface area contributed by atoms with Crippen LogP contribution in [0.2, 0.25) is 0 Å². The van der Waals surface area contributed by atoms with Crippen LogP contribution in [0.3, 0.4) is 0 Å². The van der Waals surface area contributed by atoms with Crippen molar-refractivity contribution in [2.24, 2.45) is 0 Å². The fraction of sp³-hybridized carbons (Fsp3) is 0.222. The van der Waals surface area contributed by atoms with Crippen molar-refractivity contribution in [1.29, 1.82) is 0 Å². The first-order chi connectivity index (χ1) is 10.3. The van der Waals surface area contributed by atoms with Gasteiger partial charge in [-0.1, -0.05) is 48.5 Å². The highest BCUT2D eigenvalue weighted by molar-refractivity contribution is 5.80. The van der Waals surface area contributed by atoms with Crippen LogP contribution < -0.4 is 5.32 Å². The van der Waals surface area contributed by atoms with Crippen LogP contribution in [-0.4, -0.2) is 29.4 Å². The van der Waals surface area contributed by atoms with Crippen molar-refractivity contribution in [2.75, 3.05) is 13.6 Å². The largest absolute Gasteiger partial charge is 0.389 e. The first-order valence-electron chi connectivity index (χ1n) is 7.24. The number of para-hydroxylation sites is 1. The molecule has 2 N–H and O–H groups in total. The number of benzene rings is 2. The van der Waals surface area contributed by atoms with Gasteiger partial charge in [-0.15, -0.1) is 0 Å². The van der Waals surface area contributed by atoms with Crippen LogP contribution in [0.5, 0.6) is 0 Å². The maximum Gasteiger partial charge on any atom is 0.0912 e. The maximum absolute atomic E-state index is 10.6. The minimum Gasteiger partial charge on any atom is -0.389 e. The Kier molecular flexibility index (Phi) is 4.04. The minimum atomic E-state index is -0.492. The van der Waals surface area contributed by atoms with E-state index < -0.39 is 6.10 Å². The molecule has 0 fully saturated rings. The molecule has 0 aliphatic carbocycles. The molecule has 2 unspecified atom stereocenters. The van der Waals surface area contributed by atoms with Crippen LogP contribution in [0.15, 0.2) is 66.9 Å². The van der Waals surface area contributed by atoms with Crippen molar-refractivity contribution < 1.29 is 5.11 Å². The number of likely N-dealkylation sites (N-methyl/N-ethyl adjacent to an activating group) is 1. The summed E-state index contributed by atoms with van der Waals surface area (Å²) in [6.07, 6.45) is 1.56. The summed E-state index contributed by atoms with van der Waals surface area (Å²) >= 11 is 0. The van der Waals surface area contributed by atoms with Crippen molar-refractivity contribution in [2.45, 2.75) is 12.1 Å². The highest BCUT2D eigenvalue weighted by atomic mass is 16.3. The van der Waals surface area contributed by atoms with Gasteiger partial charge in [0.25, 0.3) is 0 Å². The molecule has 0 spiro atoms. The van der Waals surface area contributed by atoms with E-state index in [1.165, 1.54) is 5.39 Å². The third-order valence-corrected chi connectivity index (χ3v) is 3.85. The Labute approximate surface area is 124 Å². The zero-order valence-corrected chi connectivity index (χ0v) is 12.1. The van der Waals surface area contributed by atoms with E-state index in [1.807, 2.05) is 37.4 Å². The van der Waals surface area contributed by atoms with Gasteiger partial charge < -0.3 is 15.0 Å². The van der Waals surface area contributed by atoms with Crippen molar-refractivity contribution in [3.05, 3.63) is 72.4 Å². The summed E-state index contributed by atoms with van der Waals surface area (Å²) in [5.74, 6) is 0. The van der Waals surface area contributed by atoms with Crippen LogP contribution in [0.25, 0.3) is 10.9 Å². The van der Waals surface area contributed by atoms with Crippen LogP contribution in [-0.2, 0) is 0 Å². The molecule has 0 amide bonds. The van der Waals surface area contributed by atoms with E-state index in [9.17, 15) is 5.11 Å². The van der Waals surface area contributed by atoms with Gasteiger partial charge in [-0.3, -0.25) is 0 Å². The Bertz CT molecular complexity index is 705. The van der Waals surface area contributed by atoms with Gasteiger partial charge in [0.05, 0.1) is 12.1 Å². The van der Waals surface area contributed by atoms with E-state index in [-0.39, 0.29) is 6.04 Å². The zero-order chi connectivity index (χ0) is 14.7. The number of nitrogens with zero attached hydrogens (tertiary/aromatic N) is 1. The second kappa shape index (κ2) is 6.12. The molecule has 2 aromatic carbocycles. The Morgan fingerprint density at radius 2 is 1.71 bits per heavy atom. The van der Waals surface area contributed by atoms with Gasteiger partial charge in [-0.05, 0) is 30.1 Å². The molecule has 108 valence electrons. The van der Waals surface area contributed by atoms with Crippen LogP contribution in [0.4, 0.5) is 0 Å². The second-order valence-electron chi connectivity index (χ2n) is 5.26. The van der Waals surface area contributed by atoms with E-state index in [0.29, 0.717) is 6.54 Å². The lowest BCUT2D eigenvalue weighted by Gasteiger charge is -2.26. The van der Waals surface area contributed by atoms with E-state index in [0.717, 1.165) is 11.1 Å². The molecule has 21 heavy (non-hydrogen) atoms. The van der Waals surface area contributed by atoms with Crippen LogP contribution in [0.1, 0.15) is 11.6 Å². The molecule has 0 bridgehead atoms. The average Bonchev–Trinajstić information content (AvgIpc) is 2.93. The normalized spacial score (nSPS) is 14.2. The lowest BCUT2D eigenvalue weighted by Crippen LogP contribution is -2.33. The van der Waals surface area contributed by atoms with Crippen molar-refractivity contribution in [3.8, 4) is 0 Å². The maximum atomic E-state index is 10.6. The molecule has 1 heterocycles. The molecule has 3 nitrogen and oxygen atoms in total. The number of nitrogens with one attached hydrogen (secondary N) is 1. The van der Waals surface area contributed by atoms with Gasteiger partial charge in [0.2, 0.25) is 0 Å². The number of fused-ring (bicyclic) bond motifs is 1. The van der Waals surface area contributed by atoms with Crippen LogP contribution in [0, 0.1) is 0 Å². The van der Waals surface area contributed by atoms with E-state index in [4.69, 9.17) is 0 Å². The molecule has 3 aromatic rings. The van der Waals surface area contributed by atoms with E-state index >= 15 is 0 Å². The van der Waals surface area contributed by atoms with Crippen molar-refractivity contribution in [3.63, 3.8) is 0 Å². The Morgan fingerprint density at radius 1 is 1.00 bits per heavy atom. The number of rotatable bonds is 5. The van der Waals surface area contributed by atoms with Gasteiger partial charge in [0.1, 0.15) is 0 Å². The third-order valence-electron chi connectivity index (χ3n) is 3.85. The standard InChI is InChI=1S/C18H20N2O/c1-19-13-17(21)18(15-8-3-2-4-9-15)20-12-11-14-7-5-6-10-16(14)20/h2-12,17-19,21H,13H2,1H3. The molecular weight excluding hydrogens is 260 g/mol. The molecule has 0 radical (unpaired) electrons. The fourth-order valence-corrected chi connectivity index (χ4v) is 2.89. The number of hydrogen-bond acceptors (Lipinski definition) is 2. The zero-order valence-electron chi connectivity index (χ0n) is 12.1. The molecule has 2 atom stereocenters. The Hall–Kier alpha value is -2.10. The Morgan fingerprint density at radius 3 is 2.48 bits per heavy atom. The molecule has 0 aliphatic rings. The summed E-state index contributed by atoms with van der Waals surface area (Å²) in [6, 6.07) is 20.4. The summed E-state index contributed by atoms with van der Waals surface area (Å²) < 4.78 is 2.16. The first-order valence-corrected chi connectivity index (χ1v) is 7.24. The number of aromatic nitrogens is 1. The second-order valence-corrected chi connectivity index (χ2v) is 5.26. The van der Waals surface area contributed by atoms with E-state index in [2.05, 4.69) is 46.4 Å². The molecule has 0 aliphatic heterocycles. The summed E-state index contributed by atoms with van der Waals surface area (Å²) in [6.45, 7) is 0.548. The fourth-order valence-electron chi connectivity index (χ4n) is 2.89. The molecular formula is C18H20N2O. The molecule has 0 saturated carbocycles. The summed E-state index contributed by atoms with van der Waals surface area (Å²) in [5, 5.41) is 14.9. The predicted molar refractivity (Wildman–Crippen MR) is 86.5 cm³/mol. The van der Waals surface area contributed by atoms with Gasteiger partial charge in [-0.25, -0.2) is 0 Å². The molecule has 3 rings (SSSR count). The molecule has 1 aromatic heterocycles. The van der Waals surface area contributed by atoms with Gasteiger partial charge >= 0.3 is 0 Å². The SMILES string of the molecule is CNCC(O)C(c1ccccc1)n1ccc2ccccc21. The predicted octanol–water partition coefficient (Wildman–Crippen LogP) is 2.81. The summed E-state index contributed by atoms with van der Waals surface area (Å²) in [5.41, 5.74) is 2.25. The van der Waals surface area contributed by atoms with Crippen molar-refractivity contribution >= 4 is 10.9 Å². The highest BCUT2D eigenvalue weighted by Gasteiger charge is 2.23. The lowest BCUT2D eigenvalue weighted by molar-refractivity contribution is 0.132. The van der Waals surface area contributed by atoms with Gasteiger partial charge in [0, 0.05) is 18.3 Å². The molecule has 3 heteroatoms. The van der Waals surface area contributed by atoms with Crippen LogP contribution >= 0.6 is 0 Å². The first kappa shape index (κ1) is 13.9. The summed E-state index contributed by atoms with van der Waals surface area (Å²) in [4.78, 5) is 0. The quantitative estimate of drug-likeness (QED) is 0.754. The van der Waals surface area contributed by atoms with Gasteiger partial charge in [-0.2, -0.15) is 0 Å². The number of aliphatic hydroxyl groups is 1. The minimum absolute atomic E-state index is 0.0986. The summed E-state index contributed by atoms with van der Waals surface area (Å²) in [7, 11) is 1.86. The van der Waals surface area contributed by atoms with E-state index in [1.54, 1.807) is 0 Å².